The van der Waals surface area contributed by atoms with Crippen molar-refractivity contribution in [2.45, 2.75) is 38.6 Å². The van der Waals surface area contributed by atoms with E-state index in [1.54, 1.807) is 0 Å². The van der Waals surface area contributed by atoms with E-state index in [4.69, 9.17) is 16.3 Å². The number of nitrogens with two attached hydrogens (primary N) is 1. The number of hydrogen-bond donors (Lipinski definition) is 3. The largest absolute Gasteiger partial charge is 0.327 e. The van der Waals surface area contributed by atoms with Crippen molar-refractivity contribution in [3.8, 4) is 12.1 Å². The summed E-state index contributed by atoms with van der Waals surface area (Å²) in [6.45, 7) is 5.45. The molecule has 0 rings (SSSR count). The van der Waals surface area contributed by atoms with E-state index in [1.165, 1.54) is 0 Å². The summed E-state index contributed by atoms with van der Waals surface area (Å²) in [4.78, 5) is 0. The Kier molecular flexibility index (Phi) is 11.5. The molecule has 0 radical (unpaired) electrons. The fourth-order valence-corrected chi connectivity index (χ4v) is 1.64. The maximum absolute atomic E-state index is 8.38. The first-order valence-electron chi connectivity index (χ1n) is 6.63. The normalized spacial score (nSPS) is 13.6. The Labute approximate surface area is 110 Å². The van der Waals surface area contributed by atoms with E-state index in [-0.39, 0.29) is 6.04 Å². The van der Waals surface area contributed by atoms with Crippen LogP contribution in [0.3, 0.4) is 0 Å². The zero-order valence-electron chi connectivity index (χ0n) is 11.3. The highest BCUT2D eigenvalue weighted by atomic mass is 14.9. The molecule has 0 aromatic carbocycles. The molecule has 0 spiro atoms. The van der Waals surface area contributed by atoms with Crippen LogP contribution in [0.15, 0.2) is 0 Å². The van der Waals surface area contributed by atoms with Gasteiger partial charge >= 0.3 is 0 Å². The Morgan fingerprint density at radius 3 is 1.94 bits per heavy atom. The van der Waals surface area contributed by atoms with Crippen molar-refractivity contribution in [3.63, 3.8) is 0 Å². The van der Waals surface area contributed by atoms with Gasteiger partial charge in [-0.15, -0.1) is 0 Å². The number of nitriles is 2. The maximum atomic E-state index is 8.38. The number of nitrogens with one attached hydrogen (secondary N) is 2. The number of rotatable bonds is 11. The molecule has 5 nitrogen and oxygen atoms in total. The van der Waals surface area contributed by atoms with Gasteiger partial charge in [0.2, 0.25) is 0 Å². The van der Waals surface area contributed by atoms with Crippen molar-refractivity contribution < 1.29 is 0 Å². The Hall–Kier alpha value is -1.14. The van der Waals surface area contributed by atoms with Crippen LogP contribution >= 0.6 is 0 Å². The van der Waals surface area contributed by atoms with Crippen molar-refractivity contribution >= 4 is 0 Å². The van der Waals surface area contributed by atoms with Crippen LogP contribution in [0.5, 0.6) is 0 Å². The van der Waals surface area contributed by atoms with E-state index in [2.05, 4.69) is 29.7 Å². The molecule has 18 heavy (non-hydrogen) atoms. The van der Waals surface area contributed by atoms with Crippen LogP contribution in [-0.4, -0.2) is 32.2 Å². The monoisotopic (exact) mass is 251 g/mol. The van der Waals surface area contributed by atoms with Gasteiger partial charge in [0, 0.05) is 32.0 Å². The van der Waals surface area contributed by atoms with Crippen molar-refractivity contribution in [2.24, 2.45) is 11.7 Å². The molecule has 0 heterocycles. The summed E-state index contributed by atoms with van der Waals surface area (Å²) in [5, 5.41) is 23.2. The van der Waals surface area contributed by atoms with Gasteiger partial charge in [0.05, 0.1) is 12.1 Å². The van der Waals surface area contributed by atoms with Gasteiger partial charge in [-0.05, 0) is 31.8 Å². The molecule has 0 bridgehead atoms. The minimum absolute atomic E-state index is 0.192. The molecular weight excluding hydrogens is 226 g/mol. The van der Waals surface area contributed by atoms with Gasteiger partial charge in [-0.2, -0.15) is 10.5 Å². The lowest BCUT2D eigenvalue weighted by atomic mass is 9.96. The smallest absolute Gasteiger partial charge is 0.0635 e. The zero-order chi connectivity index (χ0) is 13.6. The Morgan fingerprint density at radius 1 is 0.944 bits per heavy atom. The van der Waals surface area contributed by atoms with Gasteiger partial charge in [0.15, 0.2) is 0 Å². The molecule has 0 fully saturated rings. The van der Waals surface area contributed by atoms with Gasteiger partial charge in [0.25, 0.3) is 0 Å². The fraction of sp³-hybridized carbons (Fsp3) is 0.846. The van der Waals surface area contributed by atoms with Crippen LogP contribution in [0.2, 0.25) is 0 Å². The lowest BCUT2D eigenvalue weighted by molar-refractivity contribution is 0.391. The van der Waals surface area contributed by atoms with Gasteiger partial charge in [0.1, 0.15) is 0 Å². The molecule has 2 atom stereocenters. The minimum Gasteiger partial charge on any atom is -0.327 e. The average molecular weight is 251 g/mol. The van der Waals surface area contributed by atoms with Crippen LogP contribution < -0.4 is 16.4 Å². The third kappa shape index (κ3) is 10.0. The van der Waals surface area contributed by atoms with Crippen molar-refractivity contribution in [1.82, 2.24) is 10.6 Å². The lowest BCUT2D eigenvalue weighted by Crippen LogP contribution is -2.34. The fourth-order valence-electron chi connectivity index (χ4n) is 1.64. The molecule has 2 unspecified atom stereocenters. The first kappa shape index (κ1) is 16.9. The van der Waals surface area contributed by atoms with Gasteiger partial charge in [-0.3, -0.25) is 0 Å². The average Bonchev–Trinajstić information content (AvgIpc) is 2.37. The summed E-state index contributed by atoms with van der Waals surface area (Å²) in [6, 6.07) is 4.40. The minimum atomic E-state index is 0.192. The molecular formula is C13H25N5. The second-order valence-electron chi connectivity index (χ2n) is 4.53. The maximum Gasteiger partial charge on any atom is 0.0635 e. The number of nitrogens with zero attached hydrogens (tertiary/aromatic N) is 2. The molecule has 5 heteroatoms. The van der Waals surface area contributed by atoms with Gasteiger partial charge in [-0.1, -0.05) is 6.92 Å². The summed E-state index contributed by atoms with van der Waals surface area (Å²) < 4.78 is 0. The lowest BCUT2D eigenvalue weighted by Gasteiger charge is -2.20. The predicted octanol–water partition coefficient (Wildman–Crippen LogP) is 0.737. The number of hydrogen-bond acceptors (Lipinski definition) is 5. The first-order valence-corrected chi connectivity index (χ1v) is 6.63. The Morgan fingerprint density at radius 2 is 1.44 bits per heavy atom. The predicted molar refractivity (Wildman–Crippen MR) is 72.6 cm³/mol. The van der Waals surface area contributed by atoms with Crippen LogP contribution in [0.4, 0.5) is 0 Å². The molecule has 102 valence electrons. The molecule has 0 aromatic heterocycles. The van der Waals surface area contributed by atoms with Crippen molar-refractivity contribution in [2.75, 3.05) is 26.2 Å². The summed E-state index contributed by atoms with van der Waals surface area (Å²) >= 11 is 0. The molecule has 0 aliphatic heterocycles. The van der Waals surface area contributed by atoms with E-state index in [1.807, 2.05) is 0 Å². The van der Waals surface area contributed by atoms with E-state index >= 15 is 0 Å². The van der Waals surface area contributed by atoms with E-state index in [0.717, 1.165) is 39.0 Å². The molecule has 0 aliphatic rings. The van der Waals surface area contributed by atoms with Crippen LogP contribution in [0, 0.1) is 28.6 Å². The molecule has 0 aromatic rings. The highest BCUT2D eigenvalue weighted by Crippen LogP contribution is 2.08. The topological polar surface area (TPSA) is 97.7 Å². The highest BCUT2D eigenvalue weighted by molar-refractivity contribution is 4.74. The molecule has 4 N–H and O–H groups in total. The third-order valence-electron chi connectivity index (χ3n) is 2.99. The summed E-state index contributed by atoms with van der Waals surface area (Å²) in [6.07, 6.45) is 3.08. The summed E-state index contributed by atoms with van der Waals surface area (Å²) in [5.74, 6) is 0.470. The highest BCUT2D eigenvalue weighted by Gasteiger charge is 2.11. The quantitative estimate of drug-likeness (QED) is 0.470. The third-order valence-corrected chi connectivity index (χ3v) is 2.99. The van der Waals surface area contributed by atoms with Crippen molar-refractivity contribution in [3.05, 3.63) is 0 Å². The first-order chi connectivity index (χ1) is 8.72. The van der Waals surface area contributed by atoms with E-state index in [9.17, 15) is 0 Å². The van der Waals surface area contributed by atoms with Gasteiger partial charge in [-0.25, -0.2) is 0 Å². The Bertz CT molecular complexity index is 238. The standard InChI is InChI=1S/C13H25N5/c1-12(4-10-17-8-2-6-14)13(16)5-11-18-9-3-7-15/h12-13,17-18H,2-5,8-11,16H2,1H3. The second kappa shape index (κ2) is 12.3. The van der Waals surface area contributed by atoms with Crippen LogP contribution in [0.1, 0.15) is 32.6 Å². The molecule has 0 saturated carbocycles. The van der Waals surface area contributed by atoms with E-state index < -0.39 is 0 Å². The van der Waals surface area contributed by atoms with Crippen LogP contribution in [0.25, 0.3) is 0 Å². The van der Waals surface area contributed by atoms with E-state index in [0.29, 0.717) is 18.8 Å². The zero-order valence-corrected chi connectivity index (χ0v) is 11.3. The van der Waals surface area contributed by atoms with Crippen LogP contribution in [-0.2, 0) is 0 Å². The van der Waals surface area contributed by atoms with Gasteiger partial charge < -0.3 is 16.4 Å². The molecule has 0 aliphatic carbocycles. The van der Waals surface area contributed by atoms with Crippen molar-refractivity contribution in [1.29, 1.82) is 10.5 Å². The molecule has 0 saturated heterocycles. The Balaban J connectivity index is 3.43. The SMILES string of the molecule is CC(CCNCCC#N)C(N)CCNCCC#N. The summed E-state index contributed by atoms with van der Waals surface area (Å²) in [5.41, 5.74) is 6.09. The second-order valence-corrected chi connectivity index (χ2v) is 4.53. The molecule has 0 amide bonds. The summed E-state index contributed by atoms with van der Waals surface area (Å²) in [7, 11) is 0.